The Morgan fingerprint density at radius 2 is 1.62 bits per heavy atom. The van der Waals surface area contributed by atoms with Gasteiger partial charge in [0, 0.05) is 18.2 Å². The second-order valence-electron chi connectivity index (χ2n) is 7.44. The number of nitrogens with zero attached hydrogens (tertiary/aromatic N) is 2. The minimum Gasteiger partial charge on any atom is -0.349 e. The van der Waals surface area contributed by atoms with E-state index in [2.05, 4.69) is 34.3 Å². The standard InChI is InChI=1S/C20H31N3O/c1-22-14-10-19(11-15-22)21-20(24)18-8-6-17(7-9-18)16-23-12-4-2-3-5-13-23/h6-9,19H,2-5,10-16H2,1H3,(H,21,24). The van der Waals surface area contributed by atoms with Crippen LogP contribution in [-0.4, -0.2) is 55.0 Å². The largest absolute Gasteiger partial charge is 0.349 e. The summed E-state index contributed by atoms with van der Waals surface area (Å²) in [5, 5.41) is 3.19. The van der Waals surface area contributed by atoms with E-state index in [1.807, 2.05) is 12.1 Å². The number of carbonyl (C=O) groups excluding carboxylic acids is 1. The Bertz CT molecular complexity index is 512. The van der Waals surface area contributed by atoms with Crippen molar-refractivity contribution in [3.63, 3.8) is 0 Å². The number of hydrogen-bond donors (Lipinski definition) is 1. The van der Waals surface area contributed by atoms with Gasteiger partial charge in [-0.25, -0.2) is 0 Å². The molecular formula is C20H31N3O. The van der Waals surface area contributed by atoms with Crippen molar-refractivity contribution in [2.75, 3.05) is 33.2 Å². The first-order valence-electron chi connectivity index (χ1n) is 9.51. The van der Waals surface area contributed by atoms with E-state index in [0.29, 0.717) is 6.04 Å². The fourth-order valence-electron chi connectivity index (χ4n) is 3.74. The lowest BCUT2D eigenvalue weighted by atomic mass is 10.0. The number of hydrogen-bond acceptors (Lipinski definition) is 3. The van der Waals surface area contributed by atoms with Crippen LogP contribution in [0.2, 0.25) is 0 Å². The van der Waals surface area contributed by atoms with Crippen LogP contribution in [0.25, 0.3) is 0 Å². The molecule has 1 aromatic rings. The van der Waals surface area contributed by atoms with Crippen LogP contribution in [0.5, 0.6) is 0 Å². The minimum absolute atomic E-state index is 0.0749. The van der Waals surface area contributed by atoms with E-state index in [-0.39, 0.29) is 5.91 Å². The van der Waals surface area contributed by atoms with Crippen molar-refractivity contribution < 1.29 is 4.79 Å². The first-order valence-corrected chi connectivity index (χ1v) is 9.51. The van der Waals surface area contributed by atoms with Gasteiger partial charge in [0.2, 0.25) is 0 Å². The van der Waals surface area contributed by atoms with Gasteiger partial charge in [-0.2, -0.15) is 0 Å². The Kier molecular flexibility index (Phi) is 6.27. The van der Waals surface area contributed by atoms with Crippen LogP contribution in [-0.2, 0) is 6.54 Å². The molecule has 2 fully saturated rings. The quantitative estimate of drug-likeness (QED) is 0.922. The lowest BCUT2D eigenvalue weighted by molar-refractivity contribution is 0.0917. The summed E-state index contributed by atoms with van der Waals surface area (Å²) in [4.78, 5) is 17.3. The van der Waals surface area contributed by atoms with E-state index in [1.54, 1.807) is 0 Å². The number of likely N-dealkylation sites (tertiary alicyclic amines) is 2. The number of rotatable bonds is 4. The van der Waals surface area contributed by atoms with Gasteiger partial charge in [0.1, 0.15) is 0 Å². The molecule has 132 valence electrons. The van der Waals surface area contributed by atoms with E-state index in [4.69, 9.17) is 0 Å². The monoisotopic (exact) mass is 329 g/mol. The summed E-state index contributed by atoms with van der Waals surface area (Å²) in [5.74, 6) is 0.0749. The van der Waals surface area contributed by atoms with Gasteiger partial charge >= 0.3 is 0 Å². The Morgan fingerprint density at radius 3 is 2.25 bits per heavy atom. The zero-order valence-electron chi connectivity index (χ0n) is 15.0. The van der Waals surface area contributed by atoms with E-state index in [9.17, 15) is 4.79 Å². The molecule has 0 atom stereocenters. The van der Waals surface area contributed by atoms with Gasteiger partial charge in [-0.05, 0) is 76.6 Å². The normalized spacial score (nSPS) is 21.4. The molecule has 2 heterocycles. The molecule has 2 aliphatic heterocycles. The van der Waals surface area contributed by atoms with E-state index in [0.717, 1.165) is 38.0 Å². The molecule has 0 bridgehead atoms. The molecule has 1 N–H and O–H groups in total. The van der Waals surface area contributed by atoms with E-state index in [1.165, 1.54) is 44.3 Å². The Morgan fingerprint density at radius 1 is 1.00 bits per heavy atom. The molecule has 1 amide bonds. The fourth-order valence-corrected chi connectivity index (χ4v) is 3.74. The third-order valence-electron chi connectivity index (χ3n) is 5.37. The third-order valence-corrected chi connectivity index (χ3v) is 5.37. The van der Waals surface area contributed by atoms with Gasteiger partial charge in [-0.1, -0.05) is 25.0 Å². The maximum absolute atomic E-state index is 12.4. The molecule has 0 radical (unpaired) electrons. The molecule has 0 spiro atoms. The van der Waals surface area contributed by atoms with Gasteiger partial charge in [0.15, 0.2) is 0 Å². The molecule has 24 heavy (non-hydrogen) atoms. The van der Waals surface area contributed by atoms with Gasteiger partial charge in [-0.3, -0.25) is 9.69 Å². The van der Waals surface area contributed by atoms with Crippen molar-refractivity contribution in [1.29, 1.82) is 0 Å². The van der Waals surface area contributed by atoms with Crippen molar-refractivity contribution in [2.45, 2.75) is 51.1 Å². The summed E-state index contributed by atoms with van der Waals surface area (Å²) in [5.41, 5.74) is 2.10. The summed E-state index contributed by atoms with van der Waals surface area (Å²) in [7, 11) is 2.14. The highest BCUT2D eigenvalue weighted by molar-refractivity contribution is 5.94. The molecule has 2 saturated heterocycles. The summed E-state index contributed by atoms with van der Waals surface area (Å²) in [6.45, 7) is 5.56. The molecule has 1 aromatic carbocycles. The average Bonchev–Trinajstić information content (AvgIpc) is 2.86. The van der Waals surface area contributed by atoms with Gasteiger partial charge < -0.3 is 10.2 Å². The number of amides is 1. The highest BCUT2D eigenvalue weighted by atomic mass is 16.1. The van der Waals surface area contributed by atoms with Crippen LogP contribution in [0.3, 0.4) is 0 Å². The highest BCUT2D eigenvalue weighted by Crippen LogP contribution is 2.14. The van der Waals surface area contributed by atoms with Crippen molar-refractivity contribution in [1.82, 2.24) is 15.1 Å². The van der Waals surface area contributed by atoms with Crippen LogP contribution in [0.1, 0.15) is 54.4 Å². The summed E-state index contributed by atoms with van der Waals surface area (Å²) < 4.78 is 0. The number of nitrogens with one attached hydrogen (secondary N) is 1. The second kappa shape index (κ2) is 8.63. The molecule has 0 aromatic heterocycles. The second-order valence-corrected chi connectivity index (χ2v) is 7.44. The maximum Gasteiger partial charge on any atom is 0.251 e. The van der Waals surface area contributed by atoms with Crippen LogP contribution >= 0.6 is 0 Å². The van der Waals surface area contributed by atoms with Crippen LogP contribution in [0, 0.1) is 0 Å². The van der Waals surface area contributed by atoms with Crippen molar-refractivity contribution in [2.24, 2.45) is 0 Å². The smallest absolute Gasteiger partial charge is 0.251 e. The van der Waals surface area contributed by atoms with Crippen LogP contribution < -0.4 is 5.32 Å². The molecule has 2 aliphatic rings. The summed E-state index contributed by atoms with van der Waals surface area (Å²) in [6.07, 6.45) is 7.47. The maximum atomic E-state index is 12.4. The van der Waals surface area contributed by atoms with Crippen LogP contribution in [0.4, 0.5) is 0 Å². The van der Waals surface area contributed by atoms with Crippen molar-refractivity contribution >= 4 is 5.91 Å². The van der Waals surface area contributed by atoms with E-state index < -0.39 is 0 Å². The Balaban J connectivity index is 1.50. The molecule has 4 nitrogen and oxygen atoms in total. The highest BCUT2D eigenvalue weighted by Gasteiger charge is 2.19. The third kappa shape index (κ3) is 5.05. The molecule has 0 aliphatic carbocycles. The van der Waals surface area contributed by atoms with Gasteiger partial charge in [0.05, 0.1) is 0 Å². The van der Waals surface area contributed by atoms with Crippen molar-refractivity contribution in [3.8, 4) is 0 Å². The summed E-state index contributed by atoms with van der Waals surface area (Å²) in [6, 6.07) is 8.53. The lowest BCUT2D eigenvalue weighted by Gasteiger charge is -2.29. The summed E-state index contributed by atoms with van der Waals surface area (Å²) >= 11 is 0. The topological polar surface area (TPSA) is 35.6 Å². The predicted molar refractivity (Wildman–Crippen MR) is 98.2 cm³/mol. The van der Waals surface area contributed by atoms with Crippen molar-refractivity contribution in [3.05, 3.63) is 35.4 Å². The van der Waals surface area contributed by atoms with E-state index >= 15 is 0 Å². The zero-order valence-corrected chi connectivity index (χ0v) is 15.0. The molecule has 0 saturated carbocycles. The lowest BCUT2D eigenvalue weighted by Crippen LogP contribution is -2.43. The zero-order chi connectivity index (χ0) is 16.8. The Hall–Kier alpha value is -1.39. The molecular weight excluding hydrogens is 298 g/mol. The first kappa shape index (κ1) is 17.4. The average molecular weight is 329 g/mol. The number of carbonyl (C=O) groups is 1. The molecule has 3 rings (SSSR count). The number of piperidine rings is 1. The predicted octanol–water partition coefficient (Wildman–Crippen LogP) is 2.89. The van der Waals surface area contributed by atoms with Gasteiger partial charge in [0.25, 0.3) is 5.91 Å². The fraction of sp³-hybridized carbons (Fsp3) is 0.650. The van der Waals surface area contributed by atoms with Gasteiger partial charge in [-0.15, -0.1) is 0 Å². The molecule has 4 heteroatoms. The molecule has 0 unspecified atom stereocenters. The first-order chi connectivity index (χ1) is 11.7. The minimum atomic E-state index is 0.0749. The Labute approximate surface area is 146 Å². The van der Waals surface area contributed by atoms with Crippen LogP contribution in [0.15, 0.2) is 24.3 Å². The number of benzene rings is 1. The SMILES string of the molecule is CN1CCC(NC(=O)c2ccc(CN3CCCCCC3)cc2)CC1.